The minimum Gasteiger partial charge on any atom is -0.314 e. The maximum Gasteiger partial charge on any atom is 0.0406 e. The number of benzene rings is 2. The van der Waals surface area contributed by atoms with Crippen molar-refractivity contribution in [2.75, 3.05) is 6.54 Å². The summed E-state index contributed by atoms with van der Waals surface area (Å²) >= 11 is 5.97. The lowest BCUT2D eigenvalue weighted by Crippen LogP contribution is -2.35. The Morgan fingerprint density at radius 1 is 1.14 bits per heavy atom. The first kappa shape index (κ1) is 14.6. The van der Waals surface area contributed by atoms with E-state index in [4.69, 9.17) is 11.6 Å². The summed E-state index contributed by atoms with van der Waals surface area (Å²) in [5.74, 6) is 0.720. The van der Waals surface area contributed by atoms with Crippen LogP contribution < -0.4 is 5.32 Å². The van der Waals surface area contributed by atoms with Gasteiger partial charge in [-0.15, -0.1) is 0 Å². The number of nitrogens with one attached hydrogen (secondary N) is 1. The van der Waals surface area contributed by atoms with Crippen LogP contribution in [0.15, 0.2) is 48.5 Å². The van der Waals surface area contributed by atoms with Crippen molar-refractivity contribution in [1.29, 1.82) is 0 Å². The van der Waals surface area contributed by atoms with E-state index in [0.29, 0.717) is 6.04 Å². The topological polar surface area (TPSA) is 12.0 Å². The third-order valence-electron chi connectivity index (χ3n) is 4.42. The molecule has 2 heteroatoms. The van der Waals surface area contributed by atoms with Crippen LogP contribution in [0.3, 0.4) is 0 Å². The third kappa shape index (κ3) is 3.48. The van der Waals surface area contributed by atoms with Crippen LogP contribution >= 0.6 is 11.6 Å². The van der Waals surface area contributed by atoms with Crippen molar-refractivity contribution in [3.05, 3.63) is 70.2 Å². The number of likely N-dealkylation sites (N-methyl/N-ethyl adjacent to an activating group) is 1. The summed E-state index contributed by atoms with van der Waals surface area (Å²) in [7, 11) is 0. The maximum atomic E-state index is 5.97. The number of fused-ring (bicyclic) bond motifs is 1. The standard InChI is InChI=1S/C19H22ClN/c1-2-21-18(11-14-7-9-17(20)10-8-14)13-16-12-15-5-3-4-6-19(15)16/h3-10,16,18,21H,2,11-13H2,1H3. The molecule has 110 valence electrons. The van der Waals surface area contributed by atoms with Crippen molar-refractivity contribution in [2.24, 2.45) is 0 Å². The molecular formula is C19H22ClN. The van der Waals surface area contributed by atoms with E-state index >= 15 is 0 Å². The molecule has 1 aliphatic rings. The van der Waals surface area contributed by atoms with E-state index in [-0.39, 0.29) is 0 Å². The number of hydrogen-bond acceptors (Lipinski definition) is 1. The summed E-state index contributed by atoms with van der Waals surface area (Å²) in [6, 6.07) is 17.6. The summed E-state index contributed by atoms with van der Waals surface area (Å²) in [6.07, 6.45) is 3.52. The lowest BCUT2D eigenvalue weighted by Gasteiger charge is -2.33. The van der Waals surface area contributed by atoms with Crippen LogP contribution in [0, 0.1) is 0 Å². The van der Waals surface area contributed by atoms with Gasteiger partial charge in [0.1, 0.15) is 0 Å². The summed E-state index contributed by atoms with van der Waals surface area (Å²) in [4.78, 5) is 0. The number of hydrogen-bond donors (Lipinski definition) is 1. The van der Waals surface area contributed by atoms with Crippen LogP contribution in [0.4, 0.5) is 0 Å². The van der Waals surface area contributed by atoms with Gasteiger partial charge in [-0.1, -0.05) is 54.9 Å². The summed E-state index contributed by atoms with van der Waals surface area (Å²) in [5, 5.41) is 4.45. The summed E-state index contributed by atoms with van der Waals surface area (Å²) in [6.45, 7) is 3.20. The van der Waals surface area contributed by atoms with Crippen molar-refractivity contribution in [3.63, 3.8) is 0 Å². The van der Waals surface area contributed by atoms with Crippen molar-refractivity contribution in [1.82, 2.24) is 5.32 Å². The van der Waals surface area contributed by atoms with Crippen LogP contribution in [-0.2, 0) is 12.8 Å². The van der Waals surface area contributed by atoms with Gasteiger partial charge in [-0.05, 0) is 60.5 Å². The minimum absolute atomic E-state index is 0.537. The average Bonchev–Trinajstić information content (AvgIpc) is 2.47. The SMILES string of the molecule is CCNC(Cc1ccc(Cl)cc1)CC1Cc2ccccc21. The molecule has 0 bridgehead atoms. The fourth-order valence-electron chi connectivity index (χ4n) is 3.35. The van der Waals surface area contributed by atoms with Gasteiger partial charge < -0.3 is 5.32 Å². The largest absolute Gasteiger partial charge is 0.314 e. The molecule has 0 radical (unpaired) electrons. The van der Waals surface area contributed by atoms with Gasteiger partial charge in [-0.3, -0.25) is 0 Å². The molecule has 3 rings (SSSR count). The van der Waals surface area contributed by atoms with Gasteiger partial charge in [0.15, 0.2) is 0 Å². The van der Waals surface area contributed by atoms with Gasteiger partial charge >= 0.3 is 0 Å². The number of rotatable bonds is 6. The molecule has 1 nitrogen and oxygen atoms in total. The molecule has 1 aliphatic carbocycles. The molecule has 0 heterocycles. The monoisotopic (exact) mass is 299 g/mol. The molecule has 2 unspecified atom stereocenters. The molecule has 0 amide bonds. The highest BCUT2D eigenvalue weighted by Crippen LogP contribution is 2.38. The molecule has 0 saturated heterocycles. The quantitative estimate of drug-likeness (QED) is 0.822. The molecular weight excluding hydrogens is 278 g/mol. The zero-order valence-electron chi connectivity index (χ0n) is 12.5. The zero-order valence-corrected chi connectivity index (χ0v) is 13.2. The van der Waals surface area contributed by atoms with Crippen molar-refractivity contribution < 1.29 is 0 Å². The second-order valence-electron chi connectivity index (χ2n) is 5.92. The van der Waals surface area contributed by atoms with Crippen LogP contribution in [0.1, 0.15) is 36.0 Å². The Hall–Kier alpha value is -1.31. The Labute approximate surface area is 132 Å². The highest BCUT2D eigenvalue weighted by Gasteiger charge is 2.27. The second kappa shape index (κ2) is 6.64. The second-order valence-corrected chi connectivity index (χ2v) is 6.36. The van der Waals surface area contributed by atoms with Crippen LogP contribution in [0.2, 0.25) is 5.02 Å². The Bertz CT molecular complexity index is 591. The zero-order chi connectivity index (χ0) is 14.7. The number of halogens is 1. The van der Waals surface area contributed by atoms with Gasteiger partial charge in [-0.25, -0.2) is 0 Å². The van der Waals surface area contributed by atoms with Crippen LogP contribution in [0.25, 0.3) is 0 Å². The third-order valence-corrected chi connectivity index (χ3v) is 4.67. The average molecular weight is 300 g/mol. The first-order valence-corrected chi connectivity index (χ1v) is 8.19. The lowest BCUT2D eigenvalue weighted by molar-refractivity contribution is 0.422. The molecule has 1 N–H and O–H groups in total. The fraction of sp³-hybridized carbons (Fsp3) is 0.368. The van der Waals surface area contributed by atoms with Crippen LogP contribution in [-0.4, -0.2) is 12.6 Å². The predicted molar refractivity (Wildman–Crippen MR) is 90.1 cm³/mol. The van der Waals surface area contributed by atoms with Crippen molar-refractivity contribution in [2.45, 2.75) is 38.1 Å². The molecule has 0 fully saturated rings. The maximum absolute atomic E-state index is 5.97. The molecule has 2 aromatic rings. The first-order valence-electron chi connectivity index (χ1n) is 7.82. The molecule has 0 saturated carbocycles. The van der Waals surface area contributed by atoms with Gasteiger partial charge in [0.2, 0.25) is 0 Å². The van der Waals surface area contributed by atoms with Crippen LogP contribution in [0.5, 0.6) is 0 Å². The molecule has 0 spiro atoms. The van der Waals surface area contributed by atoms with E-state index in [9.17, 15) is 0 Å². The Morgan fingerprint density at radius 3 is 2.62 bits per heavy atom. The molecule has 0 aromatic heterocycles. The van der Waals surface area contributed by atoms with Crippen molar-refractivity contribution >= 4 is 11.6 Å². The lowest BCUT2D eigenvalue weighted by atomic mass is 9.74. The van der Waals surface area contributed by atoms with E-state index in [1.807, 2.05) is 12.1 Å². The molecule has 2 aromatic carbocycles. The van der Waals surface area contributed by atoms with E-state index in [2.05, 4.69) is 48.6 Å². The van der Waals surface area contributed by atoms with E-state index in [1.165, 1.54) is 24.0 Å². The van der Waals surface area contributed by atoms with E-state index in [1.54, 1.807) is 5.56 Å². The first-order chi connectivity index (χ1) is 10.3. The van der Waals surface area contributed by atoms with Crippen molar-refractivity contribution in [3.8, 4) is 0 Å². The van der Waals surface area contributed by atoms with Gasteiger partial charge in [0, 0.05) is 11.1 Å². The van der Waals surface area contributed by atoms with E-state index < -0.39 is 0 Å². The van der Waals surface area contributed by atoms with Gasteiger partial charge in [-0.2, -0.15) is 0 Å². The summed E-state index contributed by atoms with van der Waals surface area (Å²) in [5.41, 5.74) is 4.44. The van der Waals surface area contributed by atoms with Gasteiger partial charge in [0.05, 0.1) is 0 Å². The molecule has 2 atom stereocenters. The highest BCUT2D eigenvalue weighted by molar-refractivity contribution is 6.30. The minimum atomic E-state index is 0.537. The smallest absolute Gasteiger partial charge is 0.0406 e. The molecule has 0 aliphatic heterocycles. The Balaban J connectivity index is 1.64. The predicted octanol–water partition coefficient (Wildman–Crippen LogP) is 4.59. The Kier molecular flexibility index (Phi) is 4.62. The van der Waals surface area contributed by atoms with E-state index in [0.717, 1.165) is 23.9 Å². The fourth-order valence-corrected chi connectivity index (χ4v) is 3.47. The summed E-state index contributed by atoms with van der Waals surface area (Å²) < 4.78 is 0. The normalized spacial score (nSPS) is 17.9. The van der Waals surface area contributed by atoms with Gasteiger partial charge in [0.25, 0.3) is 0 Å². The Morgan fingerprint density at radius 2 is 1.90 bits per heavy atom. The molecule has 21 heavy (non-hydrogen) atoms. The highest BCUT2D eigenvalue weighted by atomic mass is 35.5.